The predicted octanol–water partition coefficient (Wildman–Crippen LogP) is 2.42. The maximum atomic E-state index is 11.4. The summed E-state index contributed by atoms with van der Waals surface area (Å²) in [7, 11) is 0. The SMILES string of the molecule is CC(C)NC(=O)NC1CCCCCC1. The zero-order valence-electron chi connectivity index (χ0n) is 9.31. The molecule has 3 heteroatoms. The van der Waals surface area contributed by atoms with Gasteiger partial charge in [-0.2, -0.15) is 0 Å². The maximum absolute atomic E-state index is 11.4. The first-order chi connectivity index (χ1) is 6.68. The van der Waals surface area contributed by atoms with E-state index in [1.54, 1.807) is 0 Å². The number of urea groups is 1. The second-order valence-corrected chi connectivity index (χ2v) is 4.46. The van der Waals surface area contributed by atoms with Crippen LogP contribution in [0.4, 0.5) is 4.79 Å². The molecular formula is C11H22N2O. The fourth-order valence-corrected chi connectivity index (χ4v) is 1.91. The Bertz CT molecular complexity index is 172. The van der Waals surface area contributed by atoms with Gasteiger partial charge in [-0.1, -0.05) is 25.7 Å². The van der Waals surface area contributed by atoms with E-state index in [1.165, 1.54) is 25.7 Å². The lowest BCUT2D eigenvalue weighted by molar-refractivity contribution is 0.233. The largest absolute Gasteiger partial charge is 0.336 e. The molecule has 1 saturated carbocycles. The third kappa shape index (κ3) is 4.49. The van der Waals surface area contributed by atoms with Gasteiger partial charge < -0.3 is 10.6 Å². The zero-order valence-corrected chi connectivity index (χ0v) is 9.31. The topological polar surface area (TPSA) is 41.1 Å². The van der Waals surface area contributed by atoms with Gasteiger partial charge in [0.25, 0.3) is 0 Å². The smallest absolute Gasteiger partial charge is 0.315 e. The van der Waals surface area contributed by atoms with Crippen molar-refractivity contribution in [3.63, 3.8) is 0 Å². The van der Waals surface area contributed by atoms with Crippen LogP contribution in [0.25, 0.3) is 0 Å². The first-order valence-electron chi connectivity index (χ1n) is 5.75. The van der Waals surface area contributed by atoms with E-state index in [-0.39, 0.29) is 12.1 Å². The molecule has 0 spiro atoms. The van der Waals surface area contributed by atoms with Gasteiger partial charge in [0.15, 0.2) is 0 Å². The van der Waals surface area contributed by atoms with Crippen molar-refractivity contribution < 1.29 is 4.79 Å². The molecule has 0 heterocycles. The van der Waals surface area contributed by atoms with E-state index < -0.39 is 0 Å². The number of hydrogen-bond donors (Lipinski definition) is 2. The summed E-state index contributed by atoms with van der Waals surface area (Å²) >= 11 is 0. The second kappa shape index (κ2) is 5.89. The maximum Gasteiger partial charge on any atom is 0.315 e. The summed E-state index contributed by atoms with van der Waals surface area (Å²) in [5.41, 5.74) is 0. The second-order valence-electron chi connectivity index (χ2n) is 4.46. The van der Waals surface area contributed by atoms with Gasteiger partial charge in [0.2, 0.25) is 0 Å². The Kier molecular flexibility index (Phi) is 4.77. The van der Waals surface area contributed by atoms with Crippen molar-refractivity contribution in [3.05, 3.63) is 0 Å². The summed E-state index contributed by atoms with van der Waals surface area (Å²) in [5, 5.41) is 5.90. The van der Waals surface area contributed by atoms with Crippen molar-refractivity contribution in [2.24, 2.45) is 0 Å². The molecule has 1 fully saturated rings. The zero-order chi connectivity index (χ0) is 10.4. The van der Waals surface area contributed by atoms with E-state index >= 15 is 0 Å². The number of rotatable bonds is 2. The molecule has 0 aromatic rings. The van der Waals surface area contributed by atoms with Crippen LogP contribution in [0.15, 0.2) is 0 Å². The number of carbonyl (C=O) groups excluding carboxylic acids is 1. The van der Waals surface area contributed by atoms with Crippen LogP contribution >= 0.6 is 0 Å². The van der Waals surface area contributed by atoms with Crippen molar-refractivity contribution >= 4 is 6.03 Å². The molecule has 0 aromatic carbocycles. The number of hydrogen-bond acceptors (Lipinski definition) is 1. The van der Waals surface area contributed by atoms with Gasteiger partial charge in [-0.05, 0) is 26.7 Å². The van der Waals surface area contributed by atoms with E-state index in [2.05, 4.69) is 10.6 Å². The molecule has 0 aromatic heterocycles. The lowest BCUT2D eigenvalue weighted by Crippen LogP contribution is -2.44. The summed E-state index contributed by atoms with van der Waals surface area (Å²) in [5.74, 6) is 0. The fraction of sp³-hybridized carbons (Fsp3) is 0.909. The van der Waals surface area contributed by atoms with E-state index in [9.17, 15) is 4.79 Å². The van der Waals surface area contributed by atoms with Crippen LogP contribution in [-0.4, -0.2) is 18.1 Å². The lowest BCUT2D eigenvalue weighted by atomic mass is 10.1. The minimum absolute atomic E-state index is 0.00750. The summed E-state index contributed by atoms with van der Waals surface area (Å²) < 4.78 is 0. The molecule has 0 aliphatic heterocycles. The van der Waals surface area contributed by atoms with E-state index in [1.807, 2.05) is 13.8 Å². The molecule has 1 aliphatic carbocycles. The first kappa shape index (κ1) is 11.3. The highest BCUT2D eigenvalue weighted by molar-refractivity contribution is 5.74. The highest BCUT2D eigenvalue weighted by Crippen LogP contribution is 2.16. The molecule has 2 amide bonds. The third-order valence-corrected chi connectivity index (χ3v) is 2.61. The molecule has 1 aliphatic rings. The standard InChI is InChI=1S/C11H22N2O/c1-9(2)12-11(14)13-10-7-5-3-4-6-8-10/h9-10H,3-8H2,1-2H3,(H2,12,13,14). The van der Waals surface area contributed by atoms with Crippen molar-refractivity contribution in [3.8, 4) is 0 Å². The molecular weight excluding hydrogens is 176 g/mol. The summed E-state index contributed by atoms with van der Waals surface area (Å²) in [6.07, 6.45) is 7.45. The van der Waals surface area contributed by atoms with E-state index in [0.29, 0.717) is 6.04 Å². The van der Waals surface area contributed by atoms with Crippen molar-refractivity contribution in [1.29, 1.82) is 0 Å². The Morgan fingerprint density at radius 1 is 1.14 bits per heavy atom. The molecule has 0 unspecified atom stereocenters. The molecule has 82 valence electrons. The first-order valence-corrected chi connectivity index (χ1v) is 5.75. The van der Waals surface area contributed by atoms with Crippen LogP contribution in [0.2, 0.25) is 0 Å². The highest BCUT2D eigenvalue weighted by Gasteiger charge is 2.14. The molecule has 14 heavy (non-hydrogen) atoms. The minimum Gasteiger partial charge on any atom is -0.336 e. The van der Waals surface area contributed by atoms with Crippen molar-refractivity contribution in [2.45, 2.75) is 64.5 Å². The Hall–Kier alpha value is -0.730. The molecule has 0 atom stereocenters. The molecule has 0 saturated heterocycles. The van der Waals surface area contributed by atoms with Crippen molar-refractivity contribution in [2.75, 3.05) is 0 Å². The molecule has 2 N–H and O–H groups in total. The third-order valence-electron chi connectivity index (χ3n) is 2.61. The van der Waals surface area contributed by atoms with Gasteiger partial charge in [0, 0.05) is 12.1 Å². The predicted molar refractivity (Wildman–Crippen MR) is 58.3 cm³/mol. The average Bonchev–Trinajstić information content (AvgIpc) is 2.31. The van der Waals surface area contributed by atoms with Gasteiger partial charge in [-0.15, -0.1) is 0 Å². The van der Waals surface area contributed by atoms with Gasteiger partial charge in [0.1, 0.15) is 0 Å². The highest BCUT2D eigenvalue weighted by atomic mass is 16.2. The minimum atomic E-state index is -0.00750. The number of amides is 2. The Balaban J connectivity index is 2.23. The summed E-state index contributed by atoms with van der Waals surface area (Å²) in [6.45, 7) is 3.96. The fourth-order valence-electron chi connectivity index (χ4n) is 1.91. The van der Waals surface area contributed by atoms with E-state index in [4.69, 9.17) is 0 Å². The summed E-state index contributed by atoms with van der Waals surface area (Å²) in [4.78, 5) is 11.4. The van der Waals surface area contributed by atoms with Gasteiger partial charge >= 0.3 is 6.03 Å². The Labute approximate surface area is 86.6 Å². The molecule has 1 rings (SSSR count). The van der Waals surface area contributed by atoms with E-state index in [0.717, 1.165) is 12.8 Å². The van der Waals surface area contributed by atoms with Crippen LogP contribution in [-0.2, 0) is 0 Å². The van der Waals surface area contributed by atoms with Gasteiger partial charge in [-0.3, -0.25) is 0 Å². The number of nitrogens with one attached hydrogen (secondary N) is 2. The van der Waals surface area contributed by atoms with Gasteiger partial charge in [-0.25, -0.2) is 4.79 Å². The van der Waals surface area contributed by atoms with Crippen LogP contribution in [0, 0.1) is 0 Å². The normalized spacial score (nSPS) is 19.1. The van der Waals surface area contributed by atoms with Crippen LogP contribution in [0.3, 0.4) is 0 Å². The Morgan fingerprint density at radius 2 is 1.71 bits per heavy atom. The monoisotopic (exact) mass is 198 g/mol. The molecule has 0 bridgehead atoms. The van der Waals surface area contributed by atoms with Crippen LogP contribution in [0.1, 0.15) is 52.4 Å². The average molecular weight is 198 g/mol. The van der Waals surface area contributed by atoms with Crippen LogP contribution in [0.5, 0.6) is 0 Å². The van der Waals surface area contributed by atoms with Crippen LogP contribution < -0.4 is 10.6 Å². The number of carbonyl (C=O) groups is 1. The Morgan fingerprint density at radius 3 is 2.21 bits per heavy atom. The van der Waals surface area contributed by atoms with Gasteiger partial charge in [0.05, 0.1) is 0 Å². The quantitative estimate of drug-likeness (QED) is 0.657. The van der Waals surface area contributed by atoms with Crippen molar-refractivity contribution in [1.82, 2.24) is 10.6 Å². The lowest BCUT2D eigenvalue weighted by Gasteiger charge is -2.17. The molecule has 3 nitrogen and oxygen atoms in total. The molecule has 0 radical (unpaired) electrons. The summed E-state index contributed by atoms with van der Waals surface area (Å²) in [6, 6.07) is 0.615.